The number of nitrogens with zero attached hydrogens (tertiary/aromatic N) is 1. The topological polar surface area (TPSA) is 28.7 Å². The van der Waals surface area contributed by atoms with Gasteiger partial charge in [-0.25, -0.2) is 4.98 Å². The maximum atomic E-state index is 6.20. The summed E-state index contributed by atoms with van der Waals surface area (Å²) in [6.45, 7) is 0. The fourth-order valence-corrected chi connectivity index (χ4v) is 3.08. The van der Waals surface area contributed by atoms with Crippen LogP contribution in [-0.4, -0.2) is 9.97 Å². The highest BCUT2D eigenvalue weighted by atomic mass is 35.5. The first kappa shape index (κ1) is 15.7. The van der Waals surface area contributed by atoms with Gasteiger partial charge in [0.2, 0.25) is 0 Å². The minimum Gasteiger partial charge on any atom is -0.348 e. The average Bonchev–Trinajstić information content (AvgIpc) is 2.91. The molecule has 2 aromatic carbocycles. The van der Waals surface area contributed by atoms with Crippen molar-refractivity contribution in [2.75, 3.05) is 0 Å². The number of benzene rings is 2. The lowest BCUT2D eigenvalue weighted by Gasteiger charge is -2.03. The second kappa shape index (κ2) is 6.51. The highest BCUT2D eigenvalue weighted by Gasteiger charge is 2.12. The van der Waals surface area contributed by atoms with Crippen LogP contribution in [0.2, 0.25) is 20.1 Å². The van der Waals surface area contributed by atoms with Crippen molar-refractivity contribution in [1.82, 2.24) is 9.97 Å². The summed E-state index contributed by atoms with van der Waals surface area (Å²) in [5, 5.41) is 2.20. The molecule has 0 amide bonds. The van der Waals surface area contributed by atoms with E-state index in [0.717, 1.165) is 17.0 Å². The van der Waals surface area contributed by atoms with Crippen molar-refractivity contribution in [3.8, 4) is 11.3 Å². The van der Waals surface area contributed by atoms with Crippen LogP contribution in [0.3, 0.4) is 0 Å². The number of aromatic nitrogens is 2. The number of hydrogen-bond acceptors (Lipinski definition) is 1. The predicted octanol–water partition coefficient (Wildman–Crippen LogP) is 6.28. The van der Waals surface area contributed by atoms with Crippen LogP contribution in [0.25, 0.3) is 11.3 Å². The third-order valence-corrected chi connectivity index (χ3v) is 4.57. The Morgan fingerprint density at radius 3 is 2.27 bits per heavy atom. The first-order valence-corrected chi connectivity index (χ1v) is 7.98. The summed E-state index contributed by atoms with van der Waals surface area (Å²) in [5.74, 6) is 0.796. The van der Waals surface area contributed by atoms with Crippen LogP contribution < -0.4 is 0 Å². The number of imidazole rings is 1. The normalized spacial score (nSPS) is 10.9. The second-order valence-electron chi connectivity index (χ2n) is 4.75. The van der Waals surface area contributed by atoms with Gasteiger partial charge in [-0.3, -0.25) is 0 Å². The summed E-state index contributed by atoms with van der Waals surface area (Å²) in [4.78, 5) is 7.69. The van der Waals surface area contributed by atoms with E-state index in [-0.39, 0.29) is 0 Å². The molecule has 0 aliphatic carbocycles. The van der Waals surface area contributed by atoms with E-state index in [4.69, 9.17) is 46.4 Å². The van der Waals surface area contributed by atoms with Gasteiger partial charge >= 0.3 is 0 Å². The molecule has 3 aromatic rings. The van der Waals surface area contributed by atoms with Gasteiger partial charge in [0.15, 0.2) is 0 Å². The van der Waals surface area contributed by atoms with Gasteiger partial charge in [-0.2, -0.15) is 0 Å². The lowest BCUT2D eigenvalue weighted by molar-refractivity contribution is 1.03. The number of nitrogens with one attached hydrogen (secondary N) is 1. The number of hydrogen-bond donors (Lipinski definition) is 1. The van der Waals surface area contributed by atoms with Crippen molar-refractivity contribution in [3.05, 3.63) is 74.1 Å². The van der Waals surface area contributed by atoms with Crippen molar-refractivity contribution in [1.29, 1.82) is 0 Å². The molecule has 1 N–H and O–H groups in total. The quantitative estimate of drug-likeness (QED) is 0.576. The maximum absolute atomic E-state index is 6.20. The first-order chi connectivity index (χ1) is 10.5. The molecule has 0 spiro atoms. The van der Waals surface area contributed by atoms with E-state index in [2.05, 4.69) is 9.97 Å². The zero-order valence-corrected chi connectivity index (χ0v) is 14.2. The Balaban J connectivity index is 1.89. The van der Waals surface area contributed by atoms with Crippen LogP contribution >= 0.6 is 46.4 Å². The Morgan fingerprint density at radius 2 is 1.59 bits per heavy atom. The van der Waals surface area contributed by atoms with Crippen LogP contribution in [0.1, 0.15) is 11.4 Å². The van der Waals surface area contributed by atoms with E-state index in [1.807, 2.05) is 12.1 Å². The van der Waals surface area contributed by atoms with Crippen molar-refractivity contribution in [2.24, 2.45) is 0 Å². The van der Waals surface area contributed by atoms with Gasteiger partial charge in [0.05, 0.1) is 25.8 Å². The zero-order chi connectivity index (χ0) is 15.7. The predicted molar refractivity (Wildman–Crippen MR) is 93.3 cm³/mol. The molecular formula is C16H10Cl4N2. The molecule has 3 rings (SSSR count). The van der Waals surface area contributed by atoms with Crippen LogP contribution in [0, 0.1) is 0 Å². The van der Waals surface area contributed by atoms with E-state index in [0.29, 0.717) is 32.2 Å². The number of rotatable bonds is 3. The Kier molecular flexibility index (Phi) is 4.65. The van der Waals surface area contributed by atoms with Gasteiger partial charge in [0.1, 0.15) is 5.82 Å². The largest absolute Gasteiger partial charge is 0.348 e. The molecule has 1 heterocycles. The molecule has 0 unspecified atom stereocenters. The van der Waals surface area contributed by atoms with Crippen LogP contribution in [0.5, 0.6) is 0 Å². The molecule has 1 aromatic heterocycles. The van der Waals surface area contributed by atoms with Crippen molar-refractivity contribution >= 4 is 46.4 Å². The zero-order valence-electron chi connectivity index (χ0n) is 11.2. The maximum Gasteiger partial charge on any atom is 0.111 e. The molecule has 0 aliphatic rings. The molecule has 2 nitrogen and oxygen atoms in total. The van der Waals surface area contributed by atoms with Gasteiger partial charge in [0.25, 0.3) is 0 Å². The Morgan fingerprint density at radius 1 is 0.864 bits per heavy atom. The summed E-state index contributed by atoms with van der Waals surface area (Å²) in [6, 6.07) is 10.9. The van der Waals surface area contributed by atoms with Crippen molar-refractivity contribution in [2.45, 2.75) is 6.42 Å². The lowest BCUT2D eigenvalue weighted by Crippen LogP contribution is -1.91. The monoisotopic (exact) mass is 370 g/mol. The molecule has 112 valence electrons. The number of aromatic amines is 1. The van der Waals surface area contributed by atoms with E-state index in [9.17, 15) is 0 Å². The van der Waals surface area contributed by atoms with Crippen molar-refractivity contribution in [3.63, 3.8) is 0 Å². The Hall–Kier alpha value is -1.19. The highest BCUT2D eigenvalue weighted by Crippen LogP contribution is 2.33. The highest BCUT2D eigenvalue weighted by molar-refractivity contribution is 6.42. The molecule has 0 radical (unpaired) electrons. The van der Waals surface area contributed by atoms with E-state index in [1.54, 1.807) is 30.5 Å². The number of H-pyrrole nitrogens is 1. The smallest absolute Gasteiger partial charge is 0.111 e. The van der Waals surface area contributed by atoms with Gasteiger partial charge in [0, 0.05) is 18.2 Å². The second-order valence-corrected chi connectivity index (χ2v) is 6.38. The summed E-state index contributed by atoms with van der Waals surface area (Å²) >= 11 is 24.3. The van der Waals surface area contributed by atoms with Crippen molar-refractivity contribution < 1.29 is 0 Å². The van der Waals surface area contributed by atoms with Gasteiger partial charge in [-0.15, -0.1) is 0 Å². The minimum atomic E-state index is 0.528. The van der Waals surface area contributed by atoms with Gasteiger partial charge in [-0.1, -0.05) is 58.5 Å². The van der Waals surface area contributed by atoms with E-state index >= 15 is 0 Å². The first-order valence-electron chi connectivity index (χ1n) is 6.47. The summed E-state index contributed by atoms with van der Waals surface area (Å²) in [5.41, 5.74) is 2.45. The third-order valence-electron chi connectivity index (χ3n) is 3.21. The summed E-state index contributed by atoms with van der Waals surface area (Å²) in [6.07, 6.45) is 2.40. The molecular weight excluding hydrogens is 362 g/mol. The molecule has 0 aliphatic heterocycles. The third kappa shape index (κ3) is 3.26. The molecule has 6 heteroatoms. The molecule has 22 heavy (non-hydrogen) atoms. The summed E-state index contributed by atoms with van der Waals surface area (Å²) < 4.78 is 0. The standard InChI is InChI=1S/C16H10Cl4N2/c17-10-5-4-9(6-13(10)20)7-15-21-8-14(22-15)16-11(18)2-1-3-12(16)19/h1-6,8H,7H2,(H,21,22). The van der Waals surface area contributed by atoms with Gasteiger partial charge < -0.3 is 4.98 Å². The van der Waals surface area contributed by atoms with E-state index in [1.165, 1.54) is 0 Å². The SMILES string of the molecule is Clc1ccc(Cc2nc(-c3c(Cl)cccc3Cl)c[nH]2)cc1Cl. The lowest BCUT2D eigenvalue weighted by atomic mass is 10.1. The number of halogens is 4. The minimum absolute atomic E-state index is 0.528. The fraction of sp³-hybridized carbons (Fsp3) is 0.0625. The van der Waals surface area contributed by atoms with Crippen LogP contribution in [-0.2, 0) is 6.42 Å². The molecule has 0 fully saturated rings. The van der Waals surface area contributed by atoms with Gasteiger partial charge in [-0.05, 0) is 29.8 Å². The average molecular weight is 372 g/mol. The van der Waals surface area contributed by atoms with E-state index < -0.39 is 0 Å². The fourth-order valence-electron chi connectivity index (χ4n) is 2.17. The molecule has 0 atom stereocenters. The summed E-state index contributed by atoms with van der Waals surface area (Å²) in [7, 11) is 0. The Bertz CT molecular complexity index is 807. The molecule has 0 saturated carbocycles. The Labute approximate surface area is 148 Å². The molecule has 0 saturated heterocycles. The molecule has 0 bridgehead atoms. The van der Waals surface area contributed by atoms with Crippen LogP contribution in [0.15, 0.2) is 42.6 Å². The van der Waals surface area contributed by atoms with Crippen LogP contribution in [0.4, 0.5) is 0 Å².